The molecular weight excluding hydrogens is 284 g/mol. The van der Waals surface area contributed by atoms with Gasteiger partial charge in [-0.15, -0.1) is 0 Å². The van der Waals surface area contributed by atoms with E-state index in [2.05, 4.69) is 4.74 Å². The highest BCUT2D eigenvalue weighted by molar-refractivity contribution is 5.84. The first-order valence-corrected chi connectivity index (χ1v) is 6.37. The summed E-state index contributed by atoms with van der Waals surface area (Å²) in [7, 11) is 0. The van der Waals surface area contributed by atoms with Crippen LogP contribution in [0.5, 0.6) is 5.75 Å². The van der Waals surface area contributed by atoms with Crippen molar-refractivity contribution in [2.75, 3.05) is 6.54 Å². The summed E-state index contributed by atoms with van der Waals surface area (Å²) in [6.45, 7) is 0.156. The maximum atomic E-state index is 12.5. The number of carbonyl (C=O) groups is 2. The van der Waals surface area contributed by atoms with E-state index >= 15 is 0 Å². The predicted molar refractivity (Wildman–Crippen MR) is 71.1 cm³/mol. The number of halogens is 2. The lowest BCUT2D eigenvalue weighted by molar-refractivity contribution is -0.155. The fourth-order valence-corrected chi connectivity index (χ4v) is 2.08. The highest BCUT2D eigenvalue weighted by atomic mass is 19.3. The van der Waals surface area contributed by atoms with Crippen LogP contribution in [-0.4, -0.2) is 35.5 Å². The Hall–Kier alpha value is -2.18. The maximum Gasteiger partial charge on any atom is 0.387 e. The molecule has 5 nitrogen and oxygen atoms in total. The molecule has 1 unspecified atom stereocenters. The van der Waals surface area contributed by atoms with Gasteiger partial charge in [-0.05, 0) is 19.4 Å². The van der Waals surface area contributed by atoms with Gasteiger partial charge in [0.25, 0.3) is 0 Å². The lowest BCUT2D eigenvalue weighted by Gasteiger charge is -2.36. The van der Waals surface area contributed by atoms with Crippen molar-refractivity contribution in [3.63, 3.8) is 0 Å². The summed E-state index contributed by atoms with van der Waals surface area (Å²) < 4.78 is 29.3. The Bertz CT molecular complexity index is 510. The van der Waals surface area contributed by atoms with Crippen molar-refractivity contribution in [3.05, 3.63) is 29.8 Å². The van der Waals surface area contributed by atoms with E-state index in [0.717, 1.165) is 4.90 Å². The van der Waals surface area contributed by atoms with Crippen LogP contribution < -0.4 is 4.74 Å². The van der Waals surface area contributed by atoms with Crippen LogP contribution in [0.4, 0.5) is 8.78 Å². The smallest absolute Gasteiger partial charge is 0.387 e. The average molecular weight is 301 g/mol. The maximum absolute atomic E-state index is 12.5. The minimum absolute atomic E-state index is 0.00153. The fraction of sp³-hybridized carbons (Fsp3) is 0.429. The SMILES string of the molecule is CCCN(C=O)C(C)(C(=O)O)c1ccccc1OC(F)F. The van der Waals surface area contributed by atoms with Crippen LogP contribution in [0.25, 0.3) is 0 Å². The van der Waals surface area contributed by atoms with Gasteiger partial charge in [-0.2, -0.15) is 8.78 Å². The molecule has 21 heavy (non-hydrogen) atoms. The molecule has 1 amide bonds. The number of carboxylic acids is 1. The highest BCUT2D eigenvalue weighted by Crippen LogP contribution is 2.35. The minimum atomic E-state index is -3.08. The molecule has 7 heteroatoms. The molecule has 0 aliphatic carbocycles. The van der Waals surface area contributed by atoms with Gasteiger partial charge in [0.05, 0.1) is 0 Å². The van der Waals surface area contributed by atoms with Gasteiger partial charge in [-0.1, -0.05) is 25.1 Å². The molecule has 1 atom stereocenters. The third-order valence-electron chi connectivity index (χ3n) is 3.21. The highest BCUT2D eigenvalue weighted by Gasteiger charge is 2.43. The zero-order valence-electron chi connectivity index (χ0n) is 11.8. The Morgan fingerprint density at radius 2 is 2.10 bits per heavy atom. The number of benzene rings is 1. The lowest BCUT2D eigenvalue weighted by atomic mass is 9.89. The van der Waals surface area contributed by atoms with Gasteiger partial charge in [-0.25, -0.2) is 4.79 Å². The molecule has 116 valence electrons. The zero-order chi connectivity index (χ0) is 16.0. The normalized spacial score (nSPS) is 13.6. The second-order valence-electron chi connectivity index (χ2n) is 4.55. The van der Waals surface area contributed by atoms with Gasteiger partial charge < -0.3 is 14.7 Å². The Morgan fingerprint density at radius 3 is 2.57 bits per heavy atom. The first kappa shape index (κ1) is 16.9. The van der Waals surface area contributed by atoms with Crippen LogP contribution in [0, 0.1) is 0 Å². The average Bonchev–Trinajstić information content (AvgIpc) is 2.43. The van der Waals surface area contributed by atoms with Crippen molar-refractivity contribution in [1.82, 2.24) is 4.90 Å². The summed E-state index contributed by atoms with van der Waals surface area (Å²) in [4.78, 5) is 24.0. The van der Waals surface area contributed by atoms with Crippen LogP contribution >= 0.6 is 0 Å². The molecule has 0 saturated carbocycles. The number of rotatable bonds is 8. The fourth-order valence-electron chi connectivity index (χ4n) is 2.08. The van der Waals surface area contributed by atoms with Crippen LogP contribution in [0.3, 0.4) is 0 Å². The molecule has 1 aromatic carbocycles. The standard InChI is InChI=1S/C14H17F2NO4/c1-3-8-17(9-18)14(2,12(19)20)10-6-4-5-7-11(10)21-13(15)16/h4-7,9,13H,3,8H2,1-2H3,(H,19,20). The van der Waals surface area contributed by atoms with Crippen molar-refractivity contribution in [2.24, 2.45) is 0 Å². The van der Waals surface area contributed by atoms with Crippen molar-refractivity contribution >= 4 is 12.4 Å². The molecule has 0 aliphatic rings. The van der Waals surface area contributed by atoms with E-state index in [1.165, 1.54) is 31.2 Å². The van der Waals surface area contributed by atoms with E-state index in [4.69, 9.17) is 0 Å². The second-order valence-corrected chi connectivity index (χ2v) is 4.55. The minimum Gasteiger partial charge on any atom is -0.479 e. The van der Waals surface area contributed by atoms with E-state index in [1.807, 2.05) is 0 Å². The molecule has 0 radical (unpaired) electrons. The van der Waals surface area contributed by atoms with E-state index in [1.54, 1.807) is 6.92 Å². The van der Waals surface area contributed by atoms with Crippen molar-refractivity contribution in [1.29, 1.82) is 0 Å². The summed E-state index contributed by atoms with van der Waals surface area (Å²) in [6, 6.07) is 5.56. The Balaban J connectivity index is 3.40. The van der Waals surface area contributed by atoms with Crippen molar-refractivity contribution < 1.29 is 28.2 Å². The van der Waals surface area contributed by atoms with Gasteiger partial charge in [0.2, 0.25) is 6.41 Å². The van der Waals surface area contributed by atoms with E-state index < -0.39 is 18.1 Å². The molecule has 1 aromatic rings. The van der Waals surface area contributed by atoms with Crippen LogP contribution in [0.15, 0.2) is 24.3 Å². The van der Waals surface area contributed by atoms with Crippen LogP contribution in [0.2, 0.25) is 0 Å². The summed E-state index contributed by atoms with van der Waals surface area (Å²) in [5.41, 5.74) is -1.79. The number of hydrogen-bond acceptors (Lipinski definition) is 3. The van der Waals surface area contributed by atoms with Gasteiger partial charge in [-0.3, -0.25) is 4.79 Å². The summed E-state index contributed by atoms with van der Waals surface area (Å²) in [6.07, 6.45) is 0.927. The monoisotopic (exact) mass is 301 g/mol. The van der Waals surface area contributed by atoms with E-state index in [0.29, 0.717) is 12.8 Å². The molecule has 0 aliphatic heterocycles. The molecule has 0 spiro atoms. The summed E-state index contributed by atoms with van der Waals surface area (Å²) in [5, 5.41) is 9.53. The molecule has 0 bridgehead atoms. The topological polar surface area (TPSA) is 66.8 Å². The van der Waals surface area contributed by atoms with Gasteiger partial charge in [0, 0.05) is 12.1 Å². The molecule has 0 aromatic heterocycles. The van der Waals surface area contributed by atoms with Crippen LogP contribution in [-0.2, 0) is 15.1 Å². The van der Waals surface area contributed by atoms with Crippen molar-refractivity contribution in [2.45, 2.75) is 32.4 Å². The number of nitrogens with zero attached hydrogens (tertiary/aromatic N) is 1. The third-order valence-corrected chi connectivity index (χ3v) is 3.21. The Morgan fingerprint density at radius 1 is 1.48 bits per heavy atom. The number of carbonyl (C=O) groups excluding carboxylic acids is 1. The van der Waals surface area contributed by atoms with E-state index in [-0.39, 0.29) is 17.9 Å². The number of amides is 1. The molecule has 0 saturated heterocycles. The summed E-state index contributed by atoms with van der Waals surface area (Å²) >= 11 is 0. The van der Waals surface area contributed by atoms with Crippen LogP contribution in [0.1, 0.15) is 25.8 Å². The van der Waals surface area contributed by atoms with Gasteiger partial charge in [0.1, 0.15) is 5.75 Å². The number of aliphatic carboxylic acids is 1. The second kappa shape index (κ2) is 7.01. The Labute approximate surface area is 121 Å². The number of para-hydroxylation sites is 1. The van der Waals surface area contributed by atoms with Gasteiger partial charge in [0.15, 0.2) is 5.54 Å². The number of ether oxygens (including phenoxy) is 1. The largest absolute Gasteiger partial charge is 0.479 e. The quantitative estimate of drug-likeness (QED) is 0.749. The molecule has 1 rings (SSSR count). The van der Waals surface area contributed by atoms with E-state index in [9.17, 15) is 23.5 Å². The first-order chi connectivity index (χ1) is 9.87. The predicted octanol–water partition coefficient (Wildman–Crippen LogP) is 2.46. The number of hydrogen-bond donors (Lipinski definition) is 1. The first-order valence-electron chi connectivity index (χ1n) is 6.37. The zero-order valence-corrected chi connectivity index (χ0v) is 11.8. The molecule has 0 heterocycles. The number of carboxylic acid groups (broad SMARTS) is 1. The summed E-state index contributed by atoms with van der Waals surface area (Å²) in [5.74, 6) is -1.59. The Kier molecular flexibility index (Phi) is 5.63. The van der Waals surface area contributed by atoms with Gasteiger partial charge >= 0.3 is 12.6 Å². The lowest BCUT2D eigenvalue weighted by Crippen LogP contribution is -2.49. The molecular formula is C14H17F2NO4. The molecule has 0 fully saturated rings. The molecule has 1 N–H and O–H groups in total. The number of alkyl halides is 2. The van der Waals surface area contributed by atoms with Crippen molar-refractivity contribution in [3.8, 4) is 5.75 Å². The third kappa shape index (κ3) is 3.48.